The first kappa shape index (κ1) is 26.7. The topological polar surface area (TPSA) is 74.9 Å². The molecule has 190 valence electrons. The van der Waals surface area contributed by atoms with Crippen molar-refractivity contribution in [1.29, 1.82) is 0 Å². The molecular weight excluding hydrogens is 543 g/mol. The Kier molecular flexibility index (Phi) is 7.83. The normalized spacial score (nSPS) is 15.8. The Bertz CT molecular complexity index is 1440. The van der Waals surface area contributed by atoms with Crippen molar-refractivity contribution in [1.82, 2.24) is 4.72 Å². The summed E-state index contributed by atoms with van der Waals surface area (Å²) in [6, 6.07) is 14.2. The van der Waals surface area contributed by atoms with Crippen molar-refractivity contribution in [3.05, 3.63) is 80.4 Å². The standard InChI is InChI=1S/C25H26Cl3N4O3S/c1-15-11-24(35-4)16(2)31(3)25(15)36(33,34)29-14-20-13-23(17-5-7-18(26)8-6-17)32(30-20)22-10-9-19(27)12-21(22)28/h5-12,23,29H,13-14H2,1-4H3/q+1. The van der Waals surface area contributed by atoms with Crippen LogP contribution in [0.5, 0.6) is 5.75 Å². The molecule has 2 heterocycles. The molecular formula is C25H26Cl3N4O3S+. The number of rotatable bonds is 7. The lowest BCUT2D eigenvalue weighted by atomic mass is 10.0. The monoisotopic (exact) mass is 567 g/mol. The summed E-state index contributed by atoms with van der Waals surface area (Å²) < 4.78 is 36.3. The number of hydrogen-bond acceptors (Lipinski definition) is 5. The van der Waals surface area contributed by atoms with Crippen LogP contribution in [-0.2, 0) is 17.1 Å². The molecule has 7 nitrogen and oxygen atoms in total. The van der Waals surface area contributed by atoms with Crippen LogP contribution in [0.15, 0.2) is 58.7 Å². The molecule has 0 spiro atoms. The summed E-state index contributed by atoms with van der Waals surface area (Å²) >= 11 is 18.7. The van der Waals surface area contributed by atoms with Gasteiger partial charge in [-0.25, -0.2) is 13.1 Å². The largest absolute Gasteiger partial charge is 0.491 e. The molecule has 2 aromatic carbocycles. The molecule has 0 saturated heterocycles. The Balaban J connectivity index is 1.64. The Morgan fingerprint density at radius 3 is 2.39 bits per heavy atom. The average molecular weight is 569 g/mol. The lowest BCUT2D eigenvalue weighted by Gasteiger charge is -2.25. The van der Waals surface area contributed by atoms with Crippen LogP contribution in [0.25, 0.3) is 0 Å². The molecule has 0 amide bonds. The van der Waals surface area contributed by atoms with Crippen molar-refractivity contribution in [2.24, 2.45) is 12.1 Å². The third-order valence-corrected chi connectivity index (χ3v) is 8.59. The Hall–Kier alpha value is -2.36. The van der Waals surface area contributed by atoms with Gasteiger partial charge in [0, 0.05) is 29.0 Å². The van der Waals surface area contributed by atoms with Crippen molar-refractivity contribution in [3.63, 3.8) is 0 Å². The van der Waals surface area contributed by atoms with E-state index in [4.69, 9.17) is 44.6 Å². The van der Waals surface area contributed by atoms with E-state index in [1.807, 2.05) is 31.2 Å². The maximum Gasteiger partial charge on any atom is 0.315 e. The number of nitrogens with one attached hydrogen (secondary N) is 1. The van der Waals surface area contributed by atoms with Gasteiger partial charge < -0.3 is 4.74 Å². The Morgan fingerprint density at radius 2 is 1.75 bits per heavy atom. The highest BCUT2D eigenvalue weighted by molar-refractivity contribution is 7.89. The van der Waals surface area contributed by atoms with Crippen molar-refractivity contribution in [2.45, 2.75) is 31.3 Å². The molecule has 1 atom stereocenters. The Labute approximate surface area is 226 Å². The molecule has 1 N–H and O–H groups in total. The lowest BCUT2D eigenvalue weighted by Crippen LogP contribution is -2.44. The van der Waals surface area contributed by atoms with Gasteiger partial charge in [0.15, 0.2) is 5.75 Å². The predicted octanol–water partition coefficient (Wildman–Crippen LogP) is 5.38. The third kappa shape index (κ3) is 5.33. The molecule has 1 aromatic heterocycles. The van der Waals surface area contributed by atoms with Crippen LogP contribution in [0, 0.1) is 13.8 Å². The highest BCUT2D eigenvalue weighted by Crippen LogP contribution is 2.39. The van der Waals surface area contributed by atoms with Gasteiger partial charge in [-0.2, -0.15) is 9.67 Å². The number of methoxy groups -OCH3 is 1. The van der Waals surface area contributed by atoms with Gasteiger partial charge in [0.05, 0.1) is 36.1 Å². The average Bonchev–Trinajstić information content (AvgIpc) is 3.24. The van der Waals surface area contributed by atoms with E-state index in [1.54, 1.807) is 54.9 Å². The number of ether oxygens (including phenoxy) is 1. The van der Waals surface area contributed by atoms with Gasteiger partial charge in [-0.15, -0.1) is 0 Å². The van der Waals surface area contributed by atoms with E-state index in [9.17, 15) is 8.42 Å². The van der Waals surface area contributed by atoms with Gasteiger partial charge in [0.1, 0.15) is 7.05 Å². The molecule has 11 heteroatoms. The summed E-state index contributed by atoms with van der Waals surface area (Å²) in [6.45, 7) is 3.59. The molecule has 0 saturated carbocycles. The number of pyridine rings is 1. The smallest absolute Gasteiger partial charge is 0.315 e. The number of hydrogen-bond donors (Lipinski definition) is 1. The second-order valence-electron chi connectivity index (χ2n) is 8.55. The minimum Gasteiger partial charge on any atom is -0.491 e. The molecule has 0 radical (unpaired) electrons. The summed E-state index contributed by atoms with van der Waals surface area (Å²) in [5.74, 6) is 0.621. The first-order chi connectivity index (χ1) is 17.0. The fraction of sp³-hybridized carbons (Fsp3) is 0.280. The number of hydrazone groups is 1. The second-order valence-corrected chi connectivity index (χ2v) is 11.5. The summed E-state index contributed by atoms with van der Waals surface area (Å²) in [5.41, 5.74) is 3.59. The van der Waals surface area contributed by atoms with Crippen LogP contribution in [-0.4, -0.2) is 27.8 Å². The zero-order valence-corrected chi connectivity index (χ0v) is 23.3. The van der Waals surface area contributed by atoms with Gasteiger partial charge in [-0.3, -0.25) is 5.01 Å². The maximum atomic E-state index is 13.3. The highest BCUT2D eigenvalue weighted by atomic mass is 35.5. The lowest BCUT2D eigenvalue weighted by molar-refractivity contribution is -0.716. The van der Waals surface area contributed by atoms with Gasteiger partial charge >= 0.3 is 15.0 Å². The number of sulfonamides is 1. The zero-order valence-electron chi connectivity index (χ0n) is 20.2. The predicted molar refractivity (Wildman–Crippen MR) is 144 cm³/mol. The quantitative estimate of drug-likeness (QED) is 0.388. The van der Waals surface area contributed by atoms with E-state index in [0.29, 0.717) is 49.9 Å². The number of halogens is 3. The maximum absolute atomic E-state index is 13.3. The molecule has 4 rings (SSSR count). The van der Waals surface area contributed by atoms with Gasteiger partial charge in [0.25, 0.3) is 0 Å². The second kappa shape index (κ2) is 10.6. The van der Waals surface area contributed by atoms with E-state index in [2.05, 4.69) is 4.72 Å². The number of benzene rings is 2. The summed E-state index contributed by atoms with van der Waals surface area (Å²) in [6.07, 6.45) is 0.496. The molecule has 0 bridgehead atoms. The van der Waals surface area contributed by atoms with Crippen molar-refractivity contribution in [2.75, 3.05) is 18.7 Å². The first-order valence-electron chi connectivity index (χ1n) is 11.1. The zero-order chi connectivity index (χ0) is 26.2. The van der Waals surface area contributed by atoms with E-state index >= 15 is 0 Å². The third-order valence-electron chi connectivity index (χ3n) is 6.17. The number of anilines is 1. The molecule has 0 fully saturated rings. The SMILES string of the molecule is COc1cc(C)c(S(=O)(=O)NCC2=NN(c3ccc(Cl)cc3Cl)C(c3ccc(Cl)cc3)C2)[n+](C)c1C. The highest BCUT2D eigenvalue weighted by Gasteiger charge is 2.34. The summed E-state index contributed by atoms with van der Waals surface area (Å²) in [4.78, 5) is 0. The molecule has 36 heavy (non-hydrogen) atoms. The Morgan fingerprint density at radius 1 is 1.08 bits per heavy atom. The van der Waals surface area contributed by atoms with Crippen LogP contribution in [0.4, 0.5) is 5.69 Å². The van der Waals surface area contributed by atoms with Crippen LogP contribution >= 0.6 is 34.8 Å². The molecule has 3 aromatic rings. The number of nitrogens with zero attached hydrogens (tertiary/aromatic N) is 3. The van der Waals surface area contributed by atoms with Crippen LogP contribution < -0.4 is 19.0 Å². The molecule has 1 aliphatic rings. The minimum atomic E-state index is -3.84. The molecule has 1 aliphatic heterocycles. The fourth-order valence-electron chi connectivity index (χ4n) is 4.30. The number of aryl methyl sites for hydroxylation is 1. The van der Waals surface area contributed by atoms with Crippen molar-refractivity contribution in [3.8, 4) is 5.75 Å². The fourth-order valence-corrected chi connectivity index (χ4v) is 6.40. The summed E-state index contributed by atoms with van der Waals surface area (Å²) in [7, 11) is -0.584. The van der Waals surface area contributed by atoms with Crippen LogP contribution in [0.2, 0.25) is 15.1 Å². The first-order valence-corrected chi connectivity index (χ1v) is 13.7. The van der Waals surface area contributed by atoms with E-state index in [0.717, 1.165) is 5.56 Å². The van der Waals surface area contributed by atoms with Crippen LogP contribution in [0.1, 0.15) is 29.3 Å². The van der Waals surface area contributed by atoms with Crippen molar-refractivity contribution >= 4 is 56.2 Å². The molecule has 0 aliphatic carbocycles. The van der Waals surface area contributed by atoms with Gasteiger partial charge in [-0.1, -0.05) is 46.9 Å². The van der Waals surface area contributed by atoms with E-state index in [-0.39, 0.29) is 17.6 Å². The van der Waals surface area contributed by atoms with Gasteiger partial charge in [0.2, 0.25) is 5.69 Å². The van der Waals surface area contributed by atoms with Crippen molar-refractivity contribution < 1.29 is 17.7 Å². The van der Waals surface area contributed by atoms with Gasteiger partial charge in [-0.05, 0) is 48.9 Å². The van der Waals surface area contributed by atoms with E-state index < -0.39 is 10.0 Å². The minimum absolute atomic E-state index is 0.0403. The van der Waals surface area contributed by atoms with E-state index in [1.165, 1.54) is 0 Å². The number of aromatic nitrogens is 1. The summed E-state index contributed by atoms with van der Waals surface area (Å²) in [5, 5.41) is 8.31. The molecule has 1 unspecified atom stereocenters. The van der Waals surface area contributed by atoms with Crippen LogP contribution in [0.3, 0.4) is 0 Å².